The first-order valence-electron chi connectivity index (χ1n) is 4.61. The van der Waals surface area contributed by atoms with Crippen molar-refractivity contribution in [1.29, 1.82) is 0 Å². The van der Waals surface area contributed by atoms with Crippen molar-refractivity contribution in [3.63, 3.8) is 0 Å². The molecule has 0 bridgehead atoms. The highest BCUT2D eigenvalue weighted by Gasteiger charge is 2.22. The van der Waals surface area contributed by atoms with Gasteiger partial charge in [0.05, 0.1) is 20.1 Å². The molecule has 0 aromatic heterocycles. The molecule has 0 aliphatic carbocycles. The van der Waals surface area contributed by atoms with Gasteiger partial charge in [-0.25, -0.2) is 4.48 Å². The molecular formula is C10H18N+. The van der Waals surface area contributed by atoms with Crippen LogP contribution in [0.5, 0.6) is 0 Å². The van der Waals surface area contributed by atoms with E-state index < -0.39 is 0 Å². The molecule has 11 heavy (non-hydrogen) atoms. The summed E-state index contributed by atoms with van der Waals surface area (Å²) >= 11 is 0. The topological polar surface area (TPSA) is 0 Å². The van der Waals surface area contributed by atoms with Crippen LogP contribution in [0.2, 0.25) is 0 Å². The van der Waals surface area contributed by atoms with Gasteiger partial charge in [0.2, 0.25) is 0 Å². The average molecular weight is 152 g/mol. The molecule has 1 aliphatic rings. The van der Waals surface area contributed by atoms with Crippen LogP contribution in [0.15, 0.2) is 0 Å². The van der Waals surface area contributed by atoms with Crippen LogP contribution in [0, 0.1) is 12.0 Å². The highest BCUT2D eigenvalue weighted by Crippen LogP contribution is 2.14. The SMILES string of the molecule is CCC#C[N+]1(C)CCCCC1. The van der Waals surface area contributed by atoms with E-state index in [-0.39, 0.29) is 0 Å². The van der Waals surface area contributed by atoms with Crippen molar-refractivity contribution in [1.82, 2.24) is 0 Å². The first-order valence-corrected chi connectivity index (χ1v) is 4.61. The van der Waals surface area contributed by atoms with Crippen molar-refractivity contribution in [3.05, 3.63) is 0 Å². The van der Waals surface area contributed by atoms with Crippen LogP contribution in [0.1, 0.15) is 32.6 Å². The molecule has 0 saturated carbocycles. The second kappa shape index (κ2) is 3.78. The van der Waals surface area contributed by atoms with Gasteiger partial charge in [0.1, 0.15) is 6.04 Å². The summed E-state index contributed by atoms with van der Waals surface area (Å²) in [5.41, 5.74) is 0. The normalized spacial score (nSPS) is 22.0. The summed E-state index contributed by atoms with van der Waals surface area (Å²) in [6.07, 6.45) is 5.11. The van der Waals surface area contributed by atoms with Crippen LogP contribution in [0.3, 0.4) is 0 Å². The molecule has 0 spiro atoms. The van der Waals surface area contributed by atoms with Gasteiger partial charge in [-0.1, -0.05) is 6.92 Å². The first-order chi connectivity index (χ1) is 5.27. The lowest BCUT2D eigenvalue weighted by Crippen LogP contribution is -2.43. The van der Waals surface area contributed by atoms with Crippen LogP contribution >= 0.6 is 0 Å². The number of hydrogen-bond acceptors (Lipinski definition) is 0. The number of quaternary nitrogens is 1. The highest BCUT2D eigenvalue weighted by atomic mass is 15.3. The molecular weight excluding hydrogens is 134 g/mol. The van der Waals surface area contributed by atoms with Crippen molar-refractivity contribution in [3.8, 4) is 12.0 Å². The predicted octanol–water partition coefficient (Wildman–Crippen LogP) is 1.99. The Morgan fingerprint density at radius 2 is 1.82 bits per heavy atom. The zero-order valence-electron chi connectivity index (χ0n) is 7.69. The minimum Gasteiger partial charge on any atom is -0.249 e. The van der Waals surface area contributed by atoms with E-state index in [9.17, 15) is 0 Å². The Kier molecular flexibility index (Phi) is 2.96. The third-order valence-corrected chi connectivity index (χ3v) is 2.33. The second-order valence-electron chi connectivity index (χ2n) is 3.55. The molecule has 1 heterocycles. The zero-order valence-corrected chi connectivity index (χ0v) is 7.69. The fraction of sp³-hybridized carbons (Fsp3) is 0.800. The van der Waals surface area contributed by atoms with Crippen molar-refractivity contribution < 1.29 is 4.48 Å². The van der Waals surface area contributed by atoms with E-state index >= 15 is 0 Å². The molecule has 0 N–H and O–H groups in total. The molecule has 0 unspecified atom stereocenters. The maximum atomic E-state index is 3.34. The Morgan fingerprint density at radius 1 is 1.18 bits per heavy atom. The fourth-order valence-corrected chi connectivity index (χ4v) is 1.59. The fourth-order valence-electron chi connectivity index (χ4n) is 1.59. The molecule has 1 nitrogen and oxygen atoms in total. The van der Waals surface area contributed by atoms with E-state index in [1.165, 1.54) is 32.4 Å². The summed E-state index contributed by atoms with van der Waals surface area (Å²) in [6, 6.07) is 3.34. The summed E-state index contributed by atoms with van der Waals surface area (Å²) in [4.78, 5) is 0. The van der Waals surface area contributed by atoms with Gasteiger partial charge in [0.15, 0.2) is 0 Å². The van der Waals surface area contributed by atoms with Gasteiger partial charge >= 0.3 is 0 Å². The minimum absolute atomic E-state index is 0.994. The minimum atomic E-state index is 0.994. The summed E-state index contributed by atoms with van der Waals surface area (Å²) < 4.78 is 0.994. The number of rotatable bonds is 0. The van der Waals surface area contributed by atoms with Crippen molar-refractivity contribution in [2.24, 2.45) is 0 Å². The molecule has 1 fully saturated rings. The van der Waals surface area contributed by atoms with E-state index in [0.717, 1.165) is 10.9 Å². The Hall–Kier alpha value is -0.480. The third kappa shape index (κ3) is 2.55. The molecule has 0 radical (unpaired) electrons. The molecule has 0 aromatic rings. The summed E-state index contributed by atoms with van der Waals surface area (Å²) in [5, 5.41) is 0. The maximum absolute atomic E-state index is 3.34. The smallest absolute Gasteiger partial charge is 0.136 e. The van der Waals surface area contributed by atoms with E-state index in [1.54, 1.807) is 0 Å². The number of likely N-dealkylation sites (tertiary alicyclic amines) is 1. The monoisotopic (exact) mass is 152 g/mol. The van der Waals surface area contributed by atoms with E-state index in [4.69, 9.17) is 0 Å². The van der Waals surface area contributed by atoms with Gasteiger partial charge in [-0.3, -0.25) is 0 Å². The summed E-state index contributed by atoms with van der Waals surface area (Å²) in [7, 11) is 2.25. The molecule has 1 aliphatic heterocycles. The maximum Gasteiger partial charge on any atom is 0.136 e. The van der Waals surface area contributed by atoms with E-state index in [1.807, 2.05) is 0 Å². The largest absolute Gasteiger partial charge is 0.249 e. The Balaban J connectivity index is 2.49. The van der Waals surface area contributed by atoms with Crippen LogP contribution in [0.25, 0.3) is 0 Å². The Morgan fingerprint density at radius 3 is 2.36 bits per heavy atom. The van der Waals surface area contributed by atoms with Gasteiger partial charge in [0.25, 0.3) is 0 Å². The van der Waals surface area contributed by atoms with Crippen LogP contribution < -0.4 is 0 Å². The average Bonchev–Trinajstić information content (AvgIpc) is 2.03. The van der Waals surface area contributed by atoms with E-state index in [0.29, 0.717) is 0 Å². The lowest BCUT2D eigenvalue weighted by atomic mass is 10.1. The lowest BCUT2D eigenvalue weighted by molar-refractivity contribution is -0.848. The molecule has 62 valence electrons. The molecule has 1 heteroatoms. The highest BCUT2D eigenvalue weighted by molar-refractivity contribution is 4.90. The number of hydrogen-bond donors (Lipinski definition) is 0. The van der Waals surface area contributed by atoms with Crippen molar-refractivity contribution in [2.75, 3.05) is 20.1 Å². The predicted molar refractivity (Wildman–Crippen MR) is 47.8 cm³/mol. The van der Waals surface area contributed by atoms with Crippen molar-refractivity contribution >= 4 is 0 Å². The lowest BCUT2D eigenvalue weighted by Gasteiger charge is -2.30. The van der Waals surface area contributed by atoms with Crippen LogP contribution in [-0.2, 0) is 0 Å². The summed E-state index contributed by atoms with van der Waals surface area (Å²) in [6.45, 7) is 4.63. The second-order valence-corrected chi connectivity index (χ2v) is 3.55. The van der Waals surface area contributed by atoms with Gasteiger partial charge in [-0.05, 0) is 25.2 Å². The summed E-state index contributed by atoms with van der Waals surface area (Å²) in [5.74, 6) is 3.18. The zero-order chi connectivity index (χ0) is 8.16. The van der Waals surface area contributed by atoms with Gasteiger partial charge in [-0.15, -0.1) is 0 Å². The molecule has 0 atom stereocenters. The van der Waals surface area contributed by atoms with Gasteiger partial charge < -0.3 is 0 Å². The standard InChI is InChI=1S/C10H18N/c1-3-4-8-11(2)9-6-5-7-10-11/h3,5-7,9-10H2,1-2H3/q+1. The first kappa shape index (κ1) is 8.62. The Bertz CT molecular complexity index is 167. The molecule has 1 rings (SSSR count). The molecule has 1 saturated heterocycles. The van der Waals surface area contributed by atoms with Crippen LogP contribution in [0.4, 0.5) is 0 Å². The third-order valence-electron chi connectivity index (χ3n) is 2.33. The van der Waals surface area contributed by atoms with Gasteiger partial charge in [0, 0.05) is 6.42 Å². The number of nitrogens with zero attached hydrogens (tertiary/aromatic N) is 1. The molecule has 0 aromatic carbocycles. The quantitative estimate of drug-likeness (QED) is 0.368. The van der Waals surface area contributed by atoms with E-state index in [2.05, 4.69) is 25.9 Å². The van der Waals surface area contributed by atoms with Gasteiger partial charge in [-0.2, -0.15) is 0 Å². The molecule has 0 amide bonds. The Labute approximate surface area is 70.0 Å². The van der Waals surface area contributed by atoms with Crippen LogP contribution in [-0.4, -0.2) is 24.6 Å². The van der Waals surface area contributed by atoms with Crippen molar-refractivity contribution in [2.45, 2.75) is 32.6 Å². The number of piperidine rings is 1.